The first-order valence-electron chi connectivity index (χ1n) is 8.83. The molecule has 0 aromatic heterocycles. The van der Waals surface area contributed by atoms with Crippen LogP contribution in [0, 0.1) is 0 Å². The number of benzene rings is 1. The molecular formula is C18H26N2O5S. The lowest BCUT2D eigenvalue weighted by molar-refractivity contribution is -0.148. The Labute approximate surface area is 154 Å². The van der Waals surface area contributed by atoms with Crippen molar-refractivity contribution < 1.29 is 22.7 Å². The van der Waals surface area contributed by atoms with Crippen molar-refractivity contribution >= 4 is 21.9 Å². The van der Waals surface area contributed by atoms with Crippen LogP contribution in [0.25, 0.3) is 0 Å². The molecule has 0 atom stereocenters. The minimum absolute atomic E-state index is 0.0149. The molecular weight excluding hydrogens is 356 g/mol. The van der Waals surface area contributed by atoms with Crippen molar-refractivity contribution in [1.82, 2.24) is 9.62 Å². The first-order valence-corrected chi connectivity index (χ1v) is 10.3. The van der Waals surface area contributed by atoms with Crippen molar-refractivity contribution in [2.75, 3.05) is 19.7 Å². The van der Waals surface area contributed by atoms with Crippen LogP contribution in [0.2, 0.25) is 0 Å². The van der Waals surface area contributed by atoms with E-state index in [0.29, 0.717) is 18.7 Å². The summed E-state index contributed by atoms with van der Waals surface area (Å²) in [5.41, 5.74) is 0.636. The fourth-order valence-electron chi connectivity index (χ4n) is 2.76. The maximum atomic E-state index is 12.6. The van der Waals surface area contributed by atoms with E-state index in [-0.39, 0.29) is 29.9 Å². The zero-order valence-corrected chi connectivity index (χ0v) is 16.0. The van der Waals surface area contributed by atoms with Crippen molar-refractivity contribution in [3.63, 3.8) is 0 Å². The summed E-state index contributed by atoms with van der Waals surface area (Å²) < 4.78 is 31.6. The van der Waals surface area contributed by atoms with E-state index >= 15 is 0 Å². The standard InChI is InChI=1S/C18H26N2O5S/c1-14(2)19-17(21)13-25-18(22)12-15-6-8-16(9-7-15)26(23,24)20-10-4-3-5-11-20/h6-9,14H,3-5,10-13H2,1-2H3,(H,19,21). The number of amides is 1. The van der Waals surface area contributed by atoms with E-state index in [0.717, 1.165) is 19.3 Å². The summed E-state index contributed by atoms with van der Waals surface area (Å²) in [6, 6.07) is 6.21. The molecule has 1 saturated heterocycles. The molecule has 1 amide bonds. The minimum Gasteiger partial charge on any atom is -0.455 e. The van der Waals surface area contributed by atoms with Gasteiger partial charge >= 0.3 is 5.97 Å². The summed E-state index contributed by atoms with van der Waals surface area (Å²) in [6.45, 7) is 4.42. The maximum absolute atomic E-state index is 12.6. The van der Waals surface area contributed by atoms with Crippen LogP contribution >= 0.6 is 0 Å². The highest BCUT2D eigenvalue weighted by atomic mass is 32.2. The third kappa shape index (κ3) is 5.81. The summed E-state index contributed by atoms with van der Waals surface area (Å²) in [7, 11) is -3.48. The lowest BCUT2D eigenvalue weighted by atomic mass is 10.1. The van der Waals surface area contributed by atoms with Gasteiger partial charge in [-0.15, -0.1) is 0 Å². The molecule has 2 rings (SSSR count). The van der Waals surface area contributed by atoms with Gasteiger partial charge in [0, 0.05) is 19.1 Å². The molecule has 0 unspecified atom stereocenters. The van der Waals surface area contributed by atoms with Gasteiger partial charge in [0.05, 0.1) is 11.3 Å². The predicted molar refractivity (Wildman–Crippen MR) is 97.0 cm³/mol. The van der Waals surface area contributed by atoms with Gasteiger partial charge in [-0.3, -0.25) is 9.59 Å². The Morgan fingerprint density at radius 1 is 1.12 bits per heavy atom. The number of nitrogens with zero attached hydrogens (tertiary/aromatic N) is 1. The van der Waals surface area contributed by atoms with E-state index < -0.39 is 16.0 Å². The van der Waals surface area contributed by atoms with Crippen LogP contribution in [-0.2, 0) is 30.8 Å². The molecule has 1 aromatic rings. The van der Waals surface area contributed by atoms with Gasteiger partial charge < -0.3 is 10.1 Å². The highest BCUT2D eigenvalue weighted by molar-refractivity contribution is 7.89. The second kappa shape index (κ2) is 9.14. The molecule has 8 heteroatoms. The molecule has 26 heavy (non-hydrogen) atoms. The lowest BCUT2D eigenvalue weighted by Gasteiger charge is -2.25. The molecule has 0 bridgehead atoms. The van der Waals surface area contributed by atoms with Gasteiger partial charge in [0.15, 0.2) is 6.61 Å². The minimum atomic E-state index is -3.48. The van der Waals surface area contributed by atoms with Crippen LogP contribution in [0.15, 0.2) is 29.2 Å². The fraction of sp³-hybridized carbons (Fsp3) is 0.556. The van der Waals surface area contributed by atoms with Crippen LogP contribution in [0.4, 0.5) is 0 Å². The van der Waals surface area contributed by atoms with Crippen LogP contribution in [0.3, 0.4) is 0 Å². The number of nitrogens with one attached hydrogen (secondary N) is 1. The van der Waals surface area contributed by atoms with Crippen LogP contribution in [0.1, 0.15) is 38.7 Å². The average molecular weight is 382 g/mol. The van der Waals surface area contributed by atoms with Crippen LogP contribution in [0.5, 0.6) is 0 Å². The number of piperidine rings is 1. The number of ether oxygens (including phenoxy) is 1. The fourth-order valence-corrected chi connectivity index (χ4v) is 4.28. The number of carbonyl (C=O) groups is 2. The van der Waals surface area contributed by atoms with Gasteiger partial charge in [-0.1, -0.05) is 18.6 Å². The van der Waals surface area contributed by atoms with E-state index in [4.69, 9.17) is 4.74 Å². The molecule has 1 aliphatic rings. The number of carbonyl (C=O) groups excluding carboxylic acids is 2. The number of sulfonamides is 1. The quantitative estimate of drug-likeness (QED) is 0.721. The van der Waals surface area contributed by atoms with E-state index in [1.54, 1.807) is 12.1 Å². The van der Waals surface area contributed by atoms with Gasteiger partial charge in [-0.2, -0.15) is 4.31 Å². The van der Waals surface area contributed by atoms with Crippen molar-refractivity contribution in [2.24, 2.45) is 0 Å². The number of hydrogen-bond donors (Lipinski definition) is 1. The van der Waals surface area contributed by atoms with E-state index in [1.807, 2.05) is 13.8 Å². The Morgan fingerprint density at radius 3 is 2.31 bits per heavy atom. The van der Waals surface area contributed by atoms with Gasteiger partial charge in [0.25, 0.3) is 5.91 Å². The zero-order valence-electron chi connectivity index (χ0n) is 15.2. The molecule has 1 N–H and O–H groups in total. The highest BCUT2D eigenvalue weighted by Gasteiger charge is 2.25. The molecule has 1 heterocycles. The molecule has 7 nitrogen and oxygen atoms in total. The summed E-state index contributed by atoms with van der Waals surface area (Å²) in [4.78, 5) is 23.5. The summed E-state index contributed by atoms with van der Waals surface area (Å²) >= 11 is 0. The van der Waals surface area contributed by atoms with E-state index in [1.165, 1.54) is 16.4 Å². The number of rotatable bonds is 7. The van der Waals surface area contributed by atoms with Crippen molar-refractivity contribution in [3.05, 3.63) is 29.8 Å². The molecule has 0 saturated carbocycles. The van der Waals surface area contributed by atoms with Gasteiger partial charge in [0.2, 0.25) is 10.0 Å². The molecule has 1 aliphatic heterocycles. The Balaban J connectivity index is 1.90. The largest absolute Gasteiger partial charge is 0.455 e. The van der Waals surface area contributed by atoms with Crippen LogP contribution < -0.4 is 5.32 Å². The first-order chi connectivity index (χ1) is 12.3. The van der Waals surface area contributed by atoms with Gasteiger partial charge in [-0.25, -0.2) is 8.42 Å². The highest BCUT2D eigenvalue weighted by Crippen LogP contribution is 2.21. The Bertz CT molecular complexity index is 722. The summed E-state index contributed by atoms with van der Waals surface area (Å²) in [5, 5.41) is 2.63. The van der Waals surface area contributed by atoms with Crippen molar-refractivity contribution in [1.29, 1.82) is 0 Å². The molecule has 144 valence electrons. The molecule has 1 fully saturated rings. The predicted octanol–water partition coefficient (Wildman–Crippen LogP) is 1.47. The number of esters is 1. The topological polar surface area (TPSA) is 92.8 Å². The SMILES string of the molecule is CC(C)NC(=O)COC(=O)Cc1ccc(S(=O)(=O)N2CCCCC2)cc1. The summed E-state index contributed by atoms with van der Waals surface area (Å²) in [5.74, 6) is -0.883. The lowest BCUT2D eigenvalue weighted by Crippen LogP contribution is -2.35. The second-order valence-corrected chi connectivity index (χ2v) is 8.61. The van der Waals surface area contributed by atoms with Crippen LogP contribution in [-0.4, -0.2) is 50.3 Å². The number of hydrogen-bond acceptors (Lipinski definition) is 5. The van der Waals surface area contributed by atoms with E-state index in [2.05, 4.69) is 5.32 Å². The van der Waals surface area contributed by atoms with Gasteiger partial charge in [0.1, 0.15) is 0 Å². The maximum Gasteiger partial charge on any atom is 0.310 e. The van der Waals surface area contributed by atoms with Gasteiger partial charge in [-0.05, 0) is 44.4 Å². The monoisotopic (exact) mass is 382 g/mol. The molecule has 0 aliphatic carbocycles. The molecule has 0 radical (unpaired) electrons. The zero-order chi connectivity index (χ0) is 19.2. The van der Waals surface area contributed by atoms with Crippen molar-refractivity contribution in [2.45, 2.75) is 50.5 Å². The second-order valence-electron chi connectivity index (χ2n) is 6.67. The molecule has 0 spiro atoms. The smallest absolute Gasteiger partial charge is 0.310 e. The third-order valence-electron chi connectivity index (χ3n) is 4.04. The molecule has 1 aromatic carbocycles. The average Bonchev–Trinajstić information content (AvgIpc) is 2.61. The van der Waals surface area contributed by atoms with Crippen molar-refractivity contribution in [3.8, 4) is 0 Å². The van der Waals surface area contributed by atoms with E-state index in [9.17, 15) is 18.0 Å². The Morgan fingerprint density at radius 2 is 1.73 bits per heavy atom. The Hall–Kier alpha value is -1.93. The normalized spacial score (nSPS) is 15.7. The summed E-state index contributed by atoms with van der Waals surface area (Å²) in [6.07, 6.45) is 2.81. The Kier molecular flexibility index (Phi) is 7.16. The first kappa shape index (κ1) is 20.4. The third-order valence-corrected chi connectivity index (χ3v) is 5.95.